The number of benzene rings is 1. The van der Waals surface area contributed by atoms with Gasteiger partial charge in [-0.05, 0) is 61.9 Å². The maximum absolute atomic E-state index is 6.38. The molecule has 0 amide bonds. The van der Waals surface area contributed by atoms with Crippen LogP contribution in [-0.2, 0) is 6.42 Å². The van der Waals surface area contributed by atoms with E-state index >= 15 is 0 Å². The maximum Gasteiger partial charge on any atom is 0.0504 e. The van der Waals surface area contributed by atoms with Crippen LogP contribution in [0.25, 0.3) is 0 Å². The van der Waals surface area contributed by atoms with E-state index in [9.17, 15) is 0 Å². The Morgan fingerprint density at radius 1 is 1.18 bits per heavy atom. The Hall–Kier alpha value is -0.860. The van der Waals surface area contributed by atoms with Gasteiger partial charge in [-0.2, -0.15) is 0 Å². The van der Waals surface area contributed by atoms with Gasteiger partial charge in [-0.15, -0.1) is 0 Å². The molecule has 2 nitrogen and oxygen atoms in total. The third-order valence-corrected chi connectivity index (χ3v) is 4.54. The summed E-state index contributed by atoms with van der Waals surface area (Å²) in [5.74, 6) is 0. The summed E-state index contributed by atoms with van der Waals surface area (Å²) in [5.41, 5.74) is 12.4. The molecule has 2 atom stereocenters. The molecule has 2 unspecified atom stereocenters. The Balaban J connectivity index is 2.12. The van der Waals surface area contributed by atoms with Crippen molar-refractivity contribution in [2.45, 2.75) is 45.2 Å². The fourth-order valence-corrected chi connectivity index (χ4v) is 3.64. The second kappa shape index (κ2) is 4.11. The number of nitrogens with zero attached hydrogens (tertiary/aromatic N) is 1. The average Bonchev–Trinajstić information content (AvgIpc) is 2.33. The number of nitrogens with two attached hydrogens (primary N) is 1. The van der Waals surface area contributed by atoms with Crippen LogP contribution in [0.15, 0.2) is 12.1 Å². The third kappa shape index (κ3) is 1.71. The predicted molar refractivity (Wildman–Crippen MR) is 71.1 cm³/mol. The van der Waals surface area contributed by atoms with Gasteiger partial charge in [0.2, 0.25) is 0 Å². The van der Waals surface area contributed by atoms with Crippen LogP contribution in [0, 0.1) is 13.8 Å². The minimum atomic E-state index is 0.322. The molecule has 3 rings (SSSR count). The lowest BCUT2D eigenvalue weighted by Crippen LogP contribution is -2.49. The van der Waals surface area contributed by atoms with Gasteiger partial charge in [-0.25, -0.2) is 0 Å². The Kier molecular flexibility index (Phi) is 2.72. The summed E-state index contributed by atoms with van der Waals surface area (Å²) < 4.78 is 0. The van der Waals surface area contributed by atoms with Crippen molar-refractivity contribution in [3.05, 3.63) is 34.4 Å². The van der Waals surface area contributed by atoms with E-state index < -0.39 is 0 Å². The van der Waals surface area contributed by atoms with E-state index in [-0.39, 0.29) is 0 Å². The average molecular weight is 230 g/mol. The second-order valence-corrected chi connectivity index (χ2v) is 5.63. The first-order chi connectivity index (χ1) is 8.18. The Labute approximate surface area is 104 Å². The fourth-order valence-electron chi connectivity index (χ4n) is 3.64. The van der Waals surface area contributed by atoms with E-state index in [1.807, 2.05) is 0 Å². The number of piperidine rings is 1. The molecule has 1 aromatic carbocycles. The smallest absolute Gasteiger partial charge is 0.0504 e. The molecule has 0 bridgehead atoms. The van der Waals surface area contributed by atoms with Crippen molar-refractivity contribution in [3.63, 3.8) is 0 Å². The van der Waals surface area contributed by atoms with Gasteiger partial charge in [-0.3, -0.25) is 4.90 Å². The van der Waals surface area contributed by atoms with Crippen LogP contribution in [-0.4, -0.2) is 24.0 Å². The van der Waals surface area contributed by atoms with E-state index in [1.165, 1.54) is 43.5 Å². The lowest BCUT2D eigenvalue weighted by molar-refractivity contribution is 0.118. The third-order valence-electron chi connectivity index (χ3n) is 4.54. The molecule has 0 radical (unpaired) electrons. The number of hydrogen-bond acceptors (Lipinski definition) is 2. The molecule has 2 heteroatoms. The SMILES string of the molecule is Cc1ccc(C)c2c1CCN1CCCC(N)C21. The maximum atomic E-state index is 6.38. The summed E-state index contributed by atoms with van der Waals surface area (Å²) in [6, 6.07) is 5.33. The zero-order valence-electron chi connectivity index (χ0n) is 10.9. The number of rotatable bonds is 0. The summed E-state index contributed by atoms with van der Waals surface area (Å²) in [5, 5.41) is 0. The molecule has 1 saturated heterocycles. The predicted octanol–water partition coefficient (Wildman–Crippen LogP) is 2.32. The zero-order chi connectivity index (χ0) is 12.0. The lowest BCUT2D eigenvalue weighted by Gasteiger charge is -2.45. The van der Waals surface area contributed by atoms with Gasteiger partial charge in [0.05, 0.1) is 6.04 Å². The molecule has 1 aromatic rings. The molecule has 17 heavy (non-hydrogen) atoms. The highest BCUT2D eigenvalue weighted by atomic mass is 15.2. The molecule has 1 fully saturated rings. The molecule has 2 heterocycles. The van der Waals surface area contributed by atoms with Gasteiger partial charge < -0.3 is 5.73 Å². The topological polar surface area (TPSA) is 29.3 Å². The molecule has 92 valence electrons. The quantitative estimate of drug-likeness (QED) is 0.741. The Bertz CT molecular complexity index is 439. The van der Waals surface area contributed by atoms with Crippen molar-refractivity contribution in [1.82, 2.24) is 4.90 Å². The van der Waals surface area contributed by atoms with E-state index in [1.54, 1.807) is 11.1 Å². The van der Waals surface area contributed by atoms with E-state index in [0.717, 1.165) is 0 Å². The first-order valence-corrected chi connectivity index (χ1v) is 6.77. The summed E-state index contributed by atoms with van der Waals surface area (Å²) in [4.78, 5) is 2.60. The summed E-state index contributed by atoms with van der Waals surface area (Å²) >= 11 is 0. The second-order valence-electron chi connectivity index (χ2n) is 5.63. The van der Waals surface area contributed by atoms with Crippen molar-refractivity contribution >= 4 is 0 Å². The highest BCUT2D eigenvalue weighted by molar-refractivity contribution is 5.44. The molecule has 0 spiro atoms. The largest absolute Gasteiger partial charge is 0.326 e. The molecular formula is C15H22N2. The molecule has 0 saturated carbocycles. The molecule has 2 N–H and O–H groups in total. The molecule has 2 aliphatic rings. The van der Waals surface area contributed by atoms with Crippen molar-refractivity contribution in [3.8, 4) is 0 Å². The lowest BCUT2D eigenvalue weighted by atomic mass is 9.80. The number of fused-ring (bicyclic) bond motifs is 3. The molecule has 0 aromatic heterocycles. The normalized spacial score (nSPS) is 28.6. The van der Waals surface area contributed by atoms with Crippen LogP contribution >= 0.6 is 0 Å². The van der Waals surface area contributed by atoms with Gasteiger partial charge in [-0.1, -0.05) is 12.1 Å². The molecule has 0 aliphatic carbocycles. The van der Waals surface area contributed by atoms with Crippen LogP contribution in [0.5, 0.6) is 0 Å². The van der Waals surface area contributed by atoms with Crippen molar-refractivity contribution in [2.24, 2.45) is 5.73 Å². The summed E-state index contributed by atoms with van der Waals surface area (Å²) in [6.07, 6.45) is 3.64. The fraction of sp³-hybridized carbons (Fsp3) is 0.600. The van der Waals surface area contributed by atoms with Gasteiger partial charge in [0.1, 0.15) is 0 Å². The Morgan fingerprint density at radius 3 is 2.76 bits per heavy atom. The zero-order valence-corrected chi connectivity index (χ0v) is 10.9. The summed E-state index contributed by atoms with van der Waals surface area (Å²) in [7, 11) is 0. The standard InChI is InChI=1S/C15H22N2/c1-10-5-6-11(2)14-12(10)7-9-17-8-3-4-13(16)15(14)17/h5-6,13,15H,3-4,7-9,16H2,1-2H3. The van der Waals surface area contributed by atoms with Crippen LogP contribution in [0.2, 0.25) is 0 Å². The van der Waals surface area contributed by atoms with Crippen LogP contribution in [0.3, 0.4) is 0 Å². The number of hydrogen-bond donors (Lipinski definition) is 1. The van der Waals surface area contributed by atoms with E-state index in [2.05, 4.69) is 30.9 Å². The molecule has 2 aliphatic heterocycles. The first-order valence-electron chi connectivity index (χ1n) is 6.77. The number of aryl methyl sites for hydroxylation is 2. The van der Waals surface area contributed by atoms with Crippen LogP contribution in [0.4, 0.5) is 0 Å². The highest BCUT2D eigenvalue weighted by Gasteiger charge is 2.35. The summed E-state index contributed by atoms with van der Waals surface area (Å²) in [6.45, 7) is 6.90. The van der Waals surface area contributed by atoms with Gasteiger partial charge in [0.15, 0.2) is 0 Å². The van der Waals surface area contributed by atoms with Crippen molar-refractivity contribution in [2.75, 3.05) is 13.1 Å². The van der Waals surface area contributed by atoms with E-state index in [4.69, 9.17) is 5.73 Å². The highest BCUT2D eigenvalue weighted by Crippen LogP contribution is 2.38. The van der Waals surface area contributed by atoms with E-state index in [0.29, 0.717) is 12.1 Å². The first kappa shape index (κ1) is 11.2. The van der Waals surface area contributed by atoms with Gasteiger partial charge in [0.25, 0.3) is 0 Å². The van der Waals surface area contributed by atoms with Gasteiger partial charge >= 0.3 is 0 Å². The monoisotopic (exact) mass is 230 g/mol. The minimum Gasteiger partial charge on any atom is -0.326 e. The van der Waals surface area contributed by atoms with Crippen LogP contribution in [0.1, 0.15) is 41.1 Å². The Morgan fingerprint density at radius 2 is 1.94 bits per heavy atom. The van der Waals surface area contributed by atoms with Crippen molar-refractivity contribution < 1.29 is 0 Å². The molecular weight excluding hydrogens is 208 g/mol. The van der Waals surface area contributed by atoms with Gasteiger partial charge in [0, 0.05) is 12.6 Å². The van der Waals surface area contributed by atoms with Crippen LogP contribution < -0.4 is 5.73 Å². The minimum absolute atomic E-state index is 0.322. The van der Waals surface area contributed by atoms with Crippen molar-refractivity contribution in [1.29, 1.82) is 0 Å².